The highest BCUT2D eigenvalue weighted by Crippen LogP contribution is 2.27. The van der Waals surface area contributed by atoms with Crippen LogP contribution in [0.25, 0.3) is 0 Å². The van der Waals surface area contributed by atoms with Crippen LogP contribution in [-0.4, -0.2) is 42.2 Å². The van der Waals surface area contributed by atoms with Gasteiger partial charge >= 0.3 is 12.1 Å². The average molecular weight is 523 g/mol. The molecule has 1 aliphatic heterocycles. The van der Waals surface area contributed by atoms with Crippen molar-refractivity contribution in [2.45, 2.75) is 26.0 Å². The number of carbonyl (C=O) groups excluding carboxylic acids is 3. The van der Waals surface area contributed by atoms with Crippen molar-refractivity contribution < 1.29 is 28.2 Å². The molecule has 1 saturated heterocycles. The Hall–Kier alpha value is -3.18. The molecule has 0 saturated carbocycles. The number of hydrogen-bond donors (Lipinski definition) is 3. The summed E-state index contributed by atoms with van der Waals surface area (Å²) in [6.45, 7) is 3.62. The Kier molecular flexibility index (Phi) is 7.54. The molecule has 1 unspecified atom stereocenters. The number of imide groups is 1. The van der Waals surface area contributed by atoms with Gasteiger partial charge in [0.25, 0.3) is 5.91 Å². The number of amides is 5. The first kappa shape index (κ1) is 24.5. The molecule has 0 bridgehead atoms. The van der Waals surface area contributed by atoms with Crippen LogP contribution in [0.1, 0.15) is 19.4 Å². The van der Waals surface area contributed by atoms with Crippen LogP contribution >= 0.6 is 15.9 Å². The lowest BCUT2D eigenvalue weighted by molar-refractivity contribution is -0.137. The predicted molar refractivity (Wildman–Crippen MR) is 122 cm³/mol. The van der Waals surface area contributed by atoms with E-state index >= 15 is 0 Å². The van der Waals surface area contributed by atoms with Gasteiger partial charge in [-0.15, -0.1) is 0 Å². The van der Waals surface area contributed by atoms with Gasteiger partial charge in [0, 0.05) is 4.47 Å². The summed E-state index contributed by atoms with van der Waals surface area (Å²) in [5.74, 6) is -0.994. The van der Waals surface area contributed by atoms with Gasteiger partial charge < -0.3 is 20.1 Å². The Morgan fingerprint density at radius 3 is 2.52 bits per heavy atom. The summed E-state index contributed by atoms with van der Waals surface area (Å²) in [6, 6.07) is 9.53. The van der Waals surface area contributed by atoms with Crippen LogP contribution in [0.15, 0.2) is 46.9 Å². The molecule has 1 aliphatic rings. The van der Waals surface area contributed by atoms with Gasteiger partial charge in [0.2, 0.25) is 0 Å². The second-order valence-corrected chi connectivity index (χ2v) is 8.64. The van der Waals surface area contributed by atoms with E-state index in [0.717, 1.165) is 5.56 Å². The highest BCUT2D eigenvalue weighted by molar-refractivity contribution is 9.10. The molecule has 0 spiro atoms. The molecule has 0 aliphatic carbocycles. The minimum atomic E-state index is -1.38. The highest BCUT2D eigenvalue weighted by Gasteiger charge is 2.54. The molecule has 0 aromatic heterocycles. The zero-order valence-electron chi connectivity index (χ0n) is 18.3. The van der Waals surface area contributed by atoms with Crippen molar-refractivity contribution in [2.75, 3.05) is 19.0 Å². The number of rotatable bonds is 8. The first-order chi connectivity index (χ1) is 15.7. The molecule has 0 radical (unpaired) electrons. The topological polar surface area (TPSA) is 109 Å². The molecule has 33 heavy (non-hydrogen) atoms. The Morgan fingerprint density at radius 1 is 1.21 bits per heavy atom. The summed E-state index contributed by atoms with van der Waals surface area (Å²) in [7, 11) is 1.57. The third kappa shape index (κ3) is 5.42. The maximum Gasteiger partial charge on any atom is 0.344 e. The number of anilines is 1. The molecule has 11 heteroatoms. The van der Waals surface area contributed by atoms with E-state index in [1.54, 1.807) is 33.1 Å². The third-order valence-corrected chi connectivity index (χ3v) is 5.75. The summed E-state index contributed by atoms with van der Waals surface area (Å²) in [5, 5.41) is 5.48. The number of nitrogens with one attached hydrogen (secondary N) is 3. The van der Waals surface area contributed by atoms with E-state index in [1.165, 1.54) is 18.2 Å². The van der Waals surface area contributed by atoms with E-state index in [2.05, 4.69) is 32.0 Å². The fraction of sp³-hybridized carbons (Fsp3) is 0.318. The fourth-order valence-electron chi connectivity index (χ4n) is 3.24. The molecule has 3 N–H and O–H groups in total. The quantitative estimate of drug-likeness (QED) is 0.457. The Labute approximate surface area is 198 Å². The lowest BCUT2D eigenvalue weighted by atomic mass is 9.87. The summed E-state index contributed by atoms with van der Waals surface area (Å²) < 4.78 is 25.3. The molecule has 1 fully saturated rings. The molecule has 1 atom stereocenters. The number of methoxy groups -OCH3 is 1. The second-order valence-electron chi connectivity index (χ2n) is 7.73. The second kappa shape index (κ2) is 10.2. The van der Waals surface area contributed by atoms with Crippen molar-refractivity contribution >= 4 is 39.6 Å². The Balaban J connectivity index is 1.65. The van der Waals surface area contributed by atoms with Gasteiger partial charge in [-0.05, 0) is 41.8 Å². The number of hydrazine groups is 1. The Morgan fingerprint density at radius 2 is 1.91 bits per heavy atom. The molecular formula is C22H24BrFN4O5. The van der Waals surface area contributed by atoms with Gasteiger partial charge in [-0.1, -0.05) is 41.9 Å². The average Bonchev–Trinajstić information content (AvgIpc) is 3.01. The molecule has 5 amide bonds. The fourth-order valence-corrected chi connectivity index (χ4v) is 3.58. The molecule has 1 heterocycles. The first-order valence-electron chi connectivity index (χ1n) is 10.1. The van der Waals surface area contributed by atoms with Crippen molar-refractivity contribution in [3.8, 4) is 5.75 Å². The number of ether oxygens (including phenoxy) is 2. The number of urea groups is 2. The summed E-state index contributed by atoms with van der Waals surface area (Å²) >= 11 is 3.13. The lowest BCUT2D eigenvalue weighted by Crippen LogP contribution is -2.56. The van der Waals surface area contributed by atoms with Crippen molar-refractivity contribution in [2.24, 2.45) is 5.92 Å². The van der Waals surface area contributed by atoms with Gasteiger partial charge in [0.1, 0.15) is 17.1 Å². The number of hydrogen-bond acceptors (Lipinski definition) is 5. The van der Waals surface area contributed by atoms with Crippen molar-refractivity contribution in [3.05, 3.63) is 58.3 Å². The van der Waals surface area contributed by atoms with Crippen molar-refractivity contribution in [1.82, 2.24) is 15.8 Å². The van der Waals surface area contributed by atoms with Gasteiger partial charge in [-0.2, -0.15) is 5.01 Å². The normalized spacial score (nSPS) is 17.8. The smallest absolute Gasteiger partial charge is 0.344 e. The van der Waals surface area contributed by atoms with Gasteiger partial charge in [-0.25, -0.2) is 19.4 Å². The van der Waals surface area contributed by atoms with Crippen molar-refractivity contribution in [3.63, 3.8) is 0 Å². The number of halogens is 2. The van der Waals surface area contributed by atoms with Gasteiger partial charge in [0.05, 0.1) is 26.0 Å². The van der Waals surface area contributed by atoms with E-state index < -0.39 is 29.3 Å². The van der Waals surface area contributed by atoms with E-state index in [1.807, 2.05) is 12.1 Å². The lowest BCUT2D eigenvalue weighted by Gasteiger charge is -2.30. The summed E-state index contributed by atoms with van der Waals surface area (Å²) in [5.41, 5.74) is 1.55. The number of benzene rings is 2. The van der Waals surface area contributed by atoms with Crippen LogP contribution in [0.4, 0.5) is 19.7 Å². The number of nitrogens with zero attached hydrogens (tertiary/aromatic N) is 1. The van der Waals surface area contributed by atoms with E-state index in [4.69, 9.17) is 9.47 Å². The van der Waals surface area contributed by atoms with Crippen LogP contribution in [0.2, 0.25) is 0 Å². The molecule has 176 valence electrons. The monoisotopic (exact) mass is 522 g/mol. The van der Waals surface area contributed by atoms with E-state index in [0.29, 0.717) is 15.2 Å². The number of carbonyl (C=O) groups is 3. The first-order valence-corrected chi connectivity index (χ1v) is 10.9. The molecule has 2 aromatic rings. The third-order valence-electron chi connectivity index (χ3n) is 5.25. The van der Waals surface area contributed by atoms with Gasteiger partial charge in [-0.3, -0.25) is 4.79 Å². The maximum atomic E-state index is 14.0. The van der Waals surface area contributed by atoms with Crippen LogP contribution in [0.5, 0.6) is 5.75 Å². The minimum Gasteiger partial charge on any atom is -0.497 e. The van der Waals surface area contributed by atoms with Crippen LogP contribution in [-0.2, 0) is 16.1 Å². The zero-order chi connectivity index (χ0) is 24.2. The van der Waals surface area contributed by atoms with Crippen LogP contribution in [0.3, 0.4) is 0 Å². The highest BCUT2D eigenvalue weighted by atomic mass is 79.9. The maximum absolute atomic E-state index is 14.0. The van der Waals surface area contributed by atoms with Crippen LogP contribution < -0.4 is 20.8 Å². The summed E-state index contributed by atoms with van der Waals surface area (Å²) in [6.07, 6.45) is 0. The standard InChI is InChI=1S/C22H24BrFN4O5/c1-13(2)22(12-33-11-14-4-7-16(32-3)8-5-14)19(29)28(21(31)26-22)27-20(30)25-18-9-6-15(23)10-17(18)24/h4-10,13H,11-12H2,1-3H3,(H,26,31)(H2,25,27,30). The SMILES string of the molecule is COc1ccc(COCC2(C(C)C)NC(=O)N(NC(=O)Nc3ccc(Br)cc3F)C2=O)cc1. The Bertz CT molecular complexity index is 1050. The van der Waals surface area contributed by atoms with Crippen molar-refractivity contribution in [1.29, 1.82) is 0 Å². The molecule has 3 rings (SSSR count). The van der Waals surface area contributed by atoms with E-state index in [-0.39, 0.29) is 24.8 Å². The molecule has 9 nitrogen and oxygen atoms in total. The summed E-state index contributed by atoms with van der Waals surface area (Å²) in [4.78, 5) is 38.0. The zero-order valence-corrected chi connectivity index (χ0v) is 19.9. The van der Waals surface area contributed by atoms with Crippen LogP contribution in [0, 0.1) is 11.7 Å². The molecular weight excluding hydrogens is 499 g/mol. The van der Waals surface area contributed by atoms with Gasteiger partial charge in [0.15, 0.2) is 0 Å². The predicted octanol–water partition coefficient (Wildman–Crippen LogP) is 3.80. The minimum absolute atomic E-state index is 0.109. The van der Waals surface area contributed by atoms with E-state index in [9.17, 15) is 18.8 Å². The largest absolute Gasteiger partial charge is 0.497 e. The molecule has 2 aromatic carbocycles.